The van der Waals surface area contributed by atoms with Gasteiger partial charge >= 0.3 is 16.4 Å². The highest BCUT2D eigenvalue weighted by Crippen LogP contribution is 3.02. The molecule has 2 aromatic carbocycles. The Labute approximate surface area is 181 Å². The van der Waals surface area contributed by atoms with Gasteiger partial charge in [0.1, 0.15) is 22.8 Å². The smallest absolute Gasteiger partial charge is 0.421 e. The third-order valence-corrected chi connectivity index (χ3v) is 5.31. The number of nitriles is 2. The van der Waals surface area contributed by atoms with E-state index in [-0.39, 0.29) is 12.1 Å². The predicted octanol–water partition coefficient (Wildman–Crippen LogP) is 6.33. The van der Waals surface area contributed by atoms with E-state index >= 15 is 0 Å². The van der Waals surface area contributed by atoms with E-state index in [4.69, 9.17) is 10.00 Å². The van der Waals surface area contributed by atoms with Crippen molar-refractivity contribution in [2.24, 2.45) is 0 Å². The summed E-state index contributed by atoms with van der Waals surface area (Å²) in [6.45, 7) is 0.201. The quantitative estimate of drug-likeness (QED) is 0.471. The molecule has 1 amide bonds. The van der Waals surface area contributed by atoms with Gasteiger partial charge in [0.05, 0.1) is 17.7 Å². The Morgan fingerprint density at radius 1 is 1.03 bits per heavy atom. The first kappa shape index (κ1) is 25.7. The highest BCUT2D eigenvalue weighted by atomic mass is 32.5. The Balaban J connectivity index is 2.24. The van der Waals surface area contributed by atoms with Crippen LogP contribution in [0.4, 0.5) is 32.6 Å². The second-order valence-electron chi connectivity index (χ2n) is 6.97. The lowest BCUT2D eigenvalue weighted by molar-refractivity contribution is -0.139. The van der Waals surface area contributed by atoms with Crippen molar-refractivity contribution in [2.45, 2.75) is 23.5 Å². The molecule has 0 saturated heterocycles. The zero-order valence-electron chi connectivity index (χ0n) is 16.4. The molecule has 0 aliphatic carbocycles. The first-order chi connectivity index (χ1) is 14.8. The summed E-state index contributed by atoms with van der Waals surface area (Å²) in [5.41, 5.74) is -4.65. The summed E-state index contributed by atoms with van der Waals surface area (Å²) >= 11 is 0. The van der Waals surface area contributed by atoms with Crippen molar-refractivity contribution >= 4 is 16.1 Å². The lowest BCUT2D eigenvalue weighted by Crippen LogP contribution is -2.49. The van der Waals surface area contributed by atoms with Crippen molar-refractivity contribution in [1.29, 1.82) is 10.5 Å². The standard InChI is InChI=1S/C19H13F8N3O2S/c1-18(10-29,11-32-15-4-2-3-13(9-28)16(15)19(20,21)22)30-17(31)12-5-7-14(8-6-12)33(23,24,25,26)27/h2-8H,11H2,1H3,(H,30,31). The van der Waals surface area contributed by atoms with Gasteiger partial charge in [-0.05, 0) is 43.3 Å². The fourth-order valence-corrected chi connectivity index (χ4v) is 3.19. The van der Waals surface area contributed by atoms with Gasteiger partial charge < -0.3 is 10.1 Å². The van der Waals surface area contributed by atoms with Crippen LogP contribution in [0.15, 0.2) is 47.4 Å². The molecule has 0 aliphatic rings. The van der Waals surface area contributed by atoms with Gasteiger partial charge in [-0.3, -0.25) is 4.79 Å². The molecule has 33 heavy (non-hydrogen) atoms. The van der Waals surface area contributed by atoms with Gasteiger partial charge in [0, 0.05) is 5.56 Å². The minimum absolute atomic E-state index is 0.000319. The third kappa shape index (κ3) is 6.26. The lowest BCUT2D eigenvalue weighted by atomic mass is 10.0. The van der Waals surface area contributed by atoms with Crippen LogP contribution in [0.3, 0.4) is 0 Å². The maximum absolute atomic E-state index is 13.3. The van der Waals surface area contributed by atoms with E-state index in [0.29, 0.717) is 12.1 Å². The van der Waals surface area contributed by atoms with Gasteiger partial charge in [-0.1, -0.05) is 25.5 Å². The molecule has 2 rings (SSSR count). The molecule has 0 bridgehead atoms. The molecular weight excluding hydrogens is 486 g/mol. The van der Waals surface area contributed by atoms with E-state index in [2.05, 4.69) is 5.32 Å². The maximum Gasteiger partial charge on any atom is 0.421 e. The summed E-state index contributed by atoms with van der Waals surface area (Å²) in [5, 5.41) is 20.3. The molecule has 0 aliphatic heterocycles. The van der Waals surface area contributed by atoms with Crippen molar-refractivity contribution in [3.8, 4) is 17.9 Å². The SMILES string of the molecule is CC(C#N)(COc1cccc(C#N)c1C(F)(F)F)NC(=O)c1ccc(S(F)(F)(F)(F)F)cc1. The maximum atomic E-state index is 13.3. The average Bonchev–Trinajstić information content (AvgIpc) is 2.69. The molecule has 14 heteroatoms. The predicted molar refractivity (Wildman–Crippen MR) is 101 cm³/mol. The Morgan fingerprint density at radius 2 is 1.61 bits per heavy atom. The second kappa shape index (κ2) is 7.52. The van der Waals surface area contributed by atoms with E-state index in [1.165, 1.54) is 6.07 Å². The summed E-state index contributed by atoms with van der Waals surface area (Å²) in [7, 11) is -9.95. The van der Waals surface area contributed by atoms with Crippen LogP contribution in [0.25, 0.3) is 0 Å². The number of nitrogens with zero attached hydrogens (tertiary/aromatic N) is 2. The number of amides is 1. The van der Waals surface area contributed by atoms with Gasteiger partial charge in [0.25, 0.3) is 5.91 Å². The molecule has 2 aromatic rings. The molecule has 1 N–H and O–H groups in total. The van der Waals surface area contributed by atoms with Crippen LogP contribution < -0.4 is 10.1 Å². The highest BCUT2D eigenvalue weighted by molar-refractivity contribution is 8.45. The minimum atomic E-state index is -9.95. The molecule has 0 radical (unpaired) electrons. The Hall–Kier alpha value is -3.52. The minimum Gasteiger partial charge on any atom is -0.489 e. The normalized spacial score (nSPS) is 15.7. The van der Waals surface area contributed by atoms with Gasteiger partial charge in [-0.2, -0.15) is 23.7 Å². The molecule has 0 spiro atoms. The third-order valence-electron chi connectivity index (χ3n) is 4.14. The number of ether oxygens (including phenoxy) is 1. The second-order valence-corrected chi connectivity index (χ2v) is 9.38. The van der Waals surface area contributed by atoms with Crippen LogP contribution in [-0.2, 0) is 6.18 Å². The molecule has 1 unspecified atom stereocenters. The van der Waals surface area contributed by atoms with Crippen molar-refractivity contribution in [3.05, 3.63) is 59.2 Å². The monoisotopic (exact) mass is 499 g/mol. The topological polar surface area (TPSA) is 85.9 Å². The van der Waals surface area contributed by atoms with Gasteiger partial charge in [-0.25, -0.2) is 0 Å². The van der Waals surface area contributed by atoms with Crippen molar-refractivity contribution in [3.63, 3.8) is 0 Å². The number of hydrogen-bond acceptors (Lipinski definition) is 4. The largest absolute Gasteiger partial charge is 0.489 e. The van der Waals surface area contributed by atoms with Crippen molar-refractivity contribution in [1.82, 2.24) is 5.32 Å². The van der Waals surface area contributed by atoms with Crippen LogP contribution in [-0.4, -0.2) is 18.1 Å². The first-order valence-electron chi connectivity index (χ1n) is 8.61. The summed E-state index contributed by atoms with van der Waals surface area (Å²) in [6, 6.07) is 6.76. The number of carbonyl (C=O) groups is 1. The summed E-state index contributed by atoms with van der Waals surface area (Å²) in [6.07, 6.45) is -4.97. The molecular formula is C19H13F8N3O2S. The Kier molecular flexibility index (Phi) is 5.86. The lowest BCUT2D eigenvalue weighted by Gasteiger charge is -2.40. The number of rotatable bonds is 6. The molecule has 0 saturated carbocycles. The number of benzene rings is 2. The molecule has 1 atom stereocenters. The number of halogens is 8. The average molecular weight is 499 g/mol. The van der Waals surface area contributed by atoms with Gasteiger partial charge in [0.15, 0.2) is 5.54 Å². The van der Waals surface area contributed by atoms with Crippen LogP contribution in [0.1, 0.15) is 28.4 Å². The molecule has 5 nitrogen and oxygen atoms in total. The zero-order valence-corrected chi connectivity index (χ0v) is 17.2. The number of alkyl halides is 3. The number of nitrogens with one attached hydrogen (secondary N) is 1. The number of hydrogen-bond donors (Lipinski definition) is 1. The Bertz CT molecular complexity index is 1170. The fraction of sp³-hybridized carbons (Fsp3) is 0.211. The number of carbonyl (C=O) groups excluding carboxylic acids is 1. The molecule has 178 valence electrons. The summed E-state index contributed by atoms with van der Waals surface area (Å²) < 4.78 is 109. The Morgan fingerprint density at radius 3 is 2.06 bits per heavy atom. The van der Waals surface area contributed by atoms with Gasteiger partial charge in [-0.15, -0.1) is 0 Å². The van der Waals surface area contributed by atoms with Crippen molar-refractivity contribution in [2.75, 3.05) is 6.61 Å². The van der Waals surface area contributed by atoms with E-state index in [0.717, 1.165) is 25.1 Å². The molecule has 0 fully saturated rings. The summed E-state index contributed by atoms with van der Waals surface area (Å²) in [4.78, 5) is 10.1. The van der Waals surface area contributed by atoms with E-state index in [1.807, 2.05) is 0 Å². The molecule has 0 heterocycles. The first-order valence-corrected chi connectivity index (χ1v) is 10.6. The van der Waals surface area contributed by atoms with Crippen LogP contribution >= 0.6 is 10.2 Å². The highest BCUT2D eigenvalue weighted by Gasteiger charge is 2.65. The van der Waals surface area contributed by atoms with Crippen LogP contribution in [0.2, 0.25) is 0 Å². The van der Waals surface area contributed by atoms with Crippen LogP contribution in [0.5, 0.6) is 5.75 Å². The fourth-order valence-electron chi connectivity index (χ4n) is 2.54. The zero-order chi connectivity index (χ0) is 25.4. The van der Waals surface area contributed by atoms with E-state index < -0.39 is 61.8 Å². The molecule has 0 aromatic heterocycles. The van der Waals surface area contributed by atoms with Crippen molar-refractivity contribution < 1.29 is 42.1 Å². The van der Waals surface area contributed by atoms with Crippen LogP contribution in [0, 0.1) is 22.7 Å². The summed E-state index contributed by atoms with van der Waals surface area (Å²) in [5.74, 6) is -1.96. The van der Waals surface area contributed by atoms with E-state index in [9.17, 15) is 42.7 Å². The van der Waals surface area contributed by atoms with E-state index in [1.54, 1.807) is 6.07 Å². The van der Waals surface area contributed by atoms with Gasteiger partial charge in [0.2, 0.25) is 0 Å².